The average Bonchev–Trinajstić information content (AvgIpc) is 2.62. The molecule has 0 bridgehead atoms. The fourth-order valence-corrected chi connectivity index (χ4v) is 3.53. The third-order valence-electron chi connectivity index (χ3n) is 4.53. The Labute approximate surface area is 158 Å². The van der Waals surface area contributed by atoms with E-state index in [-0.39, 0.29) is 12.5 Å². The van der Waals surface area contributed by atoms with Crippen molar-refractivity contribution in [2.75, 3.05) is 37.5 Å². The topological polar surface area (TPSA) is 50.8 Å². The van der Waals surface area contributed by atoms with Gasteiger partial charge < -0.3 is 19.7 Å². The number of aryl methyl sites for hydroxylation is 2. The average molecular weight is 375 g/mol. The number of nitrogens with zero attached hydrogens (tertiary/aromatic N) is 1. The zero-order chi connectivity index (χ0) is 18.7. The predicted molar refractivity (Wildman–Crippen MR) is 105 cm³/mol. The number of rotatable bonds is 5. The van der Waals surface area contributed by atoms with E-state index in [9.17, 15) is 4.79 Å². The number of carbonyl (C=O) groups excluding carboxylic acids is 1. The predicted octanol–water partition coefficient (Wildman–Crippen LogP) is 4.06. The van der Waals surface area contributed by atoms with E-state index in [0.717, 1.165) is 25.1 Å². The van der Waals surface area contributed by atoms with Gasteiger partial charge in [-0.1, -0.05) is 29.3 Å². The lowest BCUT2D eigenvalue weighted by Gasteiger charge is -2.31. The molecular weight excluding hydrogens is 352 g/mol. The first-order valence-electron chi connectivity index (χ1n) is 8.57. The Balaban J connectivity index is 1.75. The summed E-state index contributed by atoms with van der Waals surface area (Å²) in [4.78, 5) is 14.7. The van der Waals surface area contributed by atoms with Crippen LogP contribution in [0.25, 0.3) is 0 Å². The van der Waals surface area contributed by atoms with Crippen molar-refractivity contribution < 1.29 is 14.3 Å². The maximum Gasteiger partial charge on any atom is 0.243 e. The maximum atomic E-state index is 12.6. The van der Waals surface area contributed by atoms with Crippen molar-refractivity contribution in [3.8, 4) is 11.5 Å². The number of nitrogens with one attached hydrogen (secondary N) is 1. The molecule has 1 aliphatic heterocycles. The van der Waals surface area contributed by atoms with Crippen LogP contribution in [-0.2, 0) is 11.2 Å². The molecule has 2 aromatic carbocycles. The number of halogens is 1. The van der Waals surface area contributed by atoms with Gasteiger partial charge in [0.05, 0.1) is 31.5 Å². The van der Waals surface area contributed by atoms with Crippen LogP contribution in [0.3, 0.4) is 0 Å². The highest BCUT2D eigenvalue weighted by atomic mass is 35.5. The largest absolute Gasteiger partial charge is 0.495 e. The third-order valence-corrected chi connectivity index (χ3v) is 4.83. The third kappa shape index (κ3) is 3.88. The maximum absolute atomic E-state index is 12.6. The molecule has 0 saturated heterocycles. The Kier molecular flexibility index (Phi) is 5.57. The molecule has 5 nitrogen and oxygen atoms in total. The second kappa shape index (κ2) is 7.87. The Morgan fingerprint density at radius 1 is 1.19 bits per heavy atom. The number of benzene rings is 2. The number of amides is 1. The summed E-state index contributed by atoms with van der Waals surface area (Å²) in [5.41, 5.74) is 4.21. The lowest BCUT2D eigenvalue weighted by atomic mass is 9.99. The van der Waals surface area contributed by atoms with Crippen LogP contribution in [0.4, 0.5) is 11.4 Å². The van der Waals surface area contributed by atoms with Gasteiger partial charge in [-0.25, -0.2) is 0 Å². The zero-order valence-electron chi connectivity index (χ0n) is 15.3. The molecule has 0 fully saturated rings. The van der Waals surface area contributed by atoms with Crippen molar-refractivity contribution in [3.05, 3.63) is 46.5 Å². The Hall–Kier alpha value is -2.40. The summed E-state index contributed by atoms with van der Waals surface area (Å²) in [6.07, 6.45) is 2.10. The van der Waals surface area contributed by atoms with Crippen molar-refractivity contribution >= 4 is 28.9 Å². The summed E-state index contributed by atoms with van der Waals surface area (Å²) in [6.45, 7) is 3.23. The van der Waals surface area contributed by atoms with Gasteiger partial charge in [-0.05, 0) is 37.5 Å². The first-order valence-corrected chi connectivity index (χ1v) is 8.95. The van der Waals surface area contributed by atoms with E-state index in [1.165, 1.54) is 18.2 Å². The second-order valence-corrected chi connectivity index (χ2v) is 6.80. The molecule has 3 rings (SSSR count). The Bertz CT molecular complexity index is 823. The van der Waals surface area contributed by atoms with E-state index < -0.39 is 0 Å². The molecule has 26 heavy (non-hydrogen) atoms. The monoisotopic (exact) mass is 374 g/mol. The van der Waals surface area contributed by atoms with Gasteiger partial charge in [-0.3, -0.25) is 4.79 Å². The van der Waals surface area contributed by atoms with Crippen molar-refractivity contribution in [2.45, 2.75) is 19.8 Å². The lowest BCUT2D eigenvalue weighted by molar-refractivity contribution is -0.115. The van der Waals surface area contributed by atoms with E-state index in [0.29, 0.717) is 22.2 Å². The number of carbonyl (C=O) groups is 1. The summed E-state index contributed by atoms with van der Waals surface area (Å²) in [5, 5.41) is 3.32. The molecule has 0 aromatic heterocycles. The van der Waals surface area contributed by atoms with Crippen LogP contribution in [0.2, 0.25) is 5.02 Å². The van der Waals surface area contributed by atoms with Crippen molar-refractivity contribution in [3.63, 3.8) is 0 Å². The highest BCUT2D eigenvalue weighted by Crippen LogP contribution is 2.36. The number of ether oxygens (including phenoxy) is 2. The Morgan fingerprint density at radius 3 is 2.69 bits per heavy atom. The van der Waals surface area contributed by atoms with Crippen LogP contribution < -0.4 is 19.7 Å². The van der Waals surface area contributed by atoms with Gasteiger partial charge in [0.25, 0.3) is 0 Å². The molecule has 1 heterocycles. The van der Waals surface area contributed by atoms with Crippen LogP contribution in [0, 0.1) is 6.92 Å². The van der Waals surface area contributed by atoms with E-state index >= 15 is 0 Å². The van der Waals surface area contributed by atoms with Gasteiger partial charge in [0.1, 0.15) is 11.5 Å². The zero-order valence-corrected chi connectivity index (χ0v) is 16.0. The van der Waals surface area contributed by atoms with Crippen LogP contribution in [0.1, 0.15) is 17.5 Å². The van der Waals surface area contributed by atoms with Gasteiger partial charge in [-0.15, -0.1) is 0 Å². The minimum Gasteiger partial charge on any atom is -0.495 e. The standard InChI is InChI=1S/C20H23ClN2O3/c1-13-6-7-17-14(9-13)5-4-8-23(17)12-20(24)22-16-10-15(21)18(25-2)11-19(16)26-3/h6-7,9-11H,4-5,8,12H2,1-3H3,(H,22,24). The normalized spacial score (nSPS) is 13.2. The van der Waals surface area contributed by atoms with Gasteiger partial charge in [-0.2, -0.15) is 0 Å². The molecule has 0 spiro atoms. The van der Waals surface area contributed by atoms with Crippen LogP contribution >= 0.6 is 11.6 Å². The molecule has 1 aliphatic rings. The number of anilines is 2. The van der Waals surface area contributed by atoms with E-state index in [1.54, 1.807) is 19.2 Å². The van der Waals surface area contributed by atoms with Crippen LogP contribution in [0.5, 0.6) is 11.5 Å². The van der Waals surface area contributed by atoms with E-state index in [1.807, 2.05) is 0 Å². The molecular formula is C20H23ClN2O3. The quantitative estimate of drug-likeness (QED) is 0.857. The van der Waals surface area contributed by atoms with Crippen molar-refractivity contribution in [1.82, 2.24) is 0 Å². The molecule has 2 aromatic rings. The summed E-state index contributed by atoms with van der Waals surface area (Å²) < 4.78 is 10.5. The molecule has 0 radical (unpaired) electrons. The molecule has 138 valence electrons. The molecule has 0 saturated carbocycles. The highest BCUT2D eigenvalue weighted by molar-refractivity contribution is 6.32. The lowest BCUT2D eigenvalue weighted by Crippen LogP contribution is -2.36. The van der Waals surface area contributed by atoms with Crippen molar-refractivity contribution in [2.24, 2.45) is 0 Å². The number of fused-ring (bicyclic) bond motifs is 1. The second-order valence-electron chi connectivity index (χ2n) is 6.39. The molecule has 0 aliphatic carbocycles. The van der Waals surface area contributed by atoms with E-state index in [4.69, 9.17) is 21.1 Å². The minimum absolute atomic E-state index is 0.113. The van der Waals surface area contributed by atoms with Gasteiger partial charge in [0.15, 0.2) is 0 Å². The first kappa shape index (κ1) is 18.4. The number of hydrogen-bond acceptors (Lipinski definition) is 4. The molecule has 0 unspecified atom stereocenters. The Morgan fingerprint density at radius 2 is 1.96 bits per heavy atom. The molecule has 0 atom stereocenters. The summed E-state index contributed by atoms with van der Waals surface area (Å²) in [5.74, 6) is 0.897. The van der Waals surface area contributed by atoms with Gasteiger partial charge >= 0.3 is 0 Å². The van der Waals surface area contributed by atoms with Crippen LogP contribution in [0.15, 0.2) is 30.3 Å². The number of methoxy groups -OCH3 is 2. The summed E-state index contributed by atoms with van der Waals surface area (Å²) in [7, 11) is 3.08. The van der Waals surface area contributed by atoms with E-state index in [2.05, 4.69) is 35.3 Å². The smallest absolute Gasteiger partial charge is 0.243 e. The fourth-order valence-electron chi connectivity index (χ4n) is 3.29. The van der Waals surface area contributed by atoms with Gasteiger partial charge in [0.2, 0.25) is 5.91 Å². The first-order chi connectivity index (χ1) is 12.5. The van der Waals surface area contributed by atoms with Crippen molar-refractivity contribution in [1.29, 1.82) is 0 Å². The van der Waals surface area contributed by atoms with Crippen LogP contribution in [-0.4, -0.2) is 33.2 Å². The van der Waals surface area contributed by atoms with Gasteiger partial charge in [0, 0.05) is 18.3 Å². The molecule has 1 amide bonds. The molecule has 6 heteroatoms. The minimum atomic E-state index is -0.113. The summed E-state index contributed by atoms with van der Waals surface area (Å²) in [6, 6.07) is 9.69. The highest BCUT2D eigenvalue weighted by Gasteiger charge is 2.20. The fraction of sp³-hybridized carbons (Fsp3) is 0.350. The summed E-state index contributed by atoms with van der Waals surface area (Å²) >= 11 is 6.17. The SMILES string of the molecule is COc1cc(OC)c(NC(=O)CN2CCCc3cc(C)ccc32)cc1Cl. The molecule has 1 N–H and O–H groups in total. The number of hydrogen-bond donors (Lipinski definition) is 1.